The van der Waals surface area contributed by atoms with Gasteiger partial charge in [-0.05, 0) is 30.8 Å². The molecule has 0 aromatic carbocycles. The molecule has 2 unspecified atom stereocenters. The van der Waals surface area contributed by atoms with Gasteiger partial charge < -0.3 is 10.8 Å². The van der Waals surface area contributed by atoms with Crippen molar-refractivity contribution >= 4 is 23.5 Å². The summed E-state index contributed by atoms with van der Waals surface area (Å²) in [7, 11) is 0. The van der Waals surface area contributed by atoms with Gasteiger partial charge in [-0.15, -0.1) is 0 Å². The number of nitrogens with two attached hydrogens (primary N) is 1. The predicted octanol–water partition coefficient (Wildman–Crippen LogP) is 1.08. The summed E-state index contributed by atoms with van der Waals surface area (Å²) in [4.78, 5) is 0. The van der Waals surface area contributed by atoms with Crippen molar-refractivity contribution in [1.29, 1.82) is 0 Å². The van der Waals surface area contributed by atoms with E-state index in [-0.39, 0.29) is 5.54 Å². The third kappa shape index (κ3) is 1.74. The van der Waals surface area contributed by atoms with Crippen molar-refractivity contribution in [2.24, 2.45) is 5.73 Å². The summed E-state index contributed by atoms with van der Waals surface area (Å²) in [6.07, 6.45) is 3.04. The predicted molar refractivity (Wildman–Crippen MR) is 60.4 cm³/mol. The van der Waals surface area contributed by atoms with E-state index in [0.717, 1.165) is 36.5 Å². The Morgan fingerprint density at radius 1 is 1.08 bits per heavy atom. The van der Waals surface area contributed by atoms with Crippen molar-refractivity contribution in [2.75, 3.05) is 23.0 Å². The minimum atomic E-state index is -0.578. The quantitative estimate of drug-likeness (QED) is 0.693. The van der Waals surface area contributed by atoms with Gasteiger partial charge in [0.15, 0.2) is 0 Å². The number of thioether (sulfide) groups is 2. The lowest BCUT2D eigenvalue weighted by Gasteiger charge is -2.44. The minimum Gasteiger partial charge on any atom is -0.387 e. The highest BCUT2D eigenvalue weighted by Gasteiger charge is 2.49. The average Bonchev–Trinajstić information content (AvgIpc) is 2.55. The second-order valence-electron chi connectivity index (χ2n) is 4.15. The first-order chi connectivity index (χ1) is 6.16. The second kappa shape index (κ2) is 3.65. The minimum absolute atomic E-state index is 0.306. The summed E-state index contributed by atoms with van der Waals surface area (Å²) in [5.74, 6) is 4.05. The molecule has 2 atom stereocenters. The maximum absolute atomic E-state index is 10.4. The summed E-state index contributed by atoms with van der Waals surface area (Å²) in [5.41, 5.74) is 5.43. The summed E-state index contributed by atoms with van der Waals surface area (Å²) in [6, 6.07) is 0. The molecular weight excluding hydrogens is 202 g/mol. The molecule has 76 valence electrons. The number of aliphatic hydroxyl groups is 1. The van der Waals surface area contributed by atoms with Gasteiger partial charge in [-0.2, -0.15) is 23.5 Å². The Hall–Kier alpha value is 0.620. The van der Waals surface area contributed by atoms with Crippen molar-refractivity contribution in [3.05, 3.63) is 0 Å². The van der Waals surface area contributed by atoms with E-state index in [1.54, 1.807) is 0 Å². The summed E-state index contributed by atoms with van der Waals surface area (Å²) >= 11 is 3.73. The molecule has 0 aromatic rings. The fourth-order valence-electron chi connectivity index (χ4n) is 2.13. The molecule has 0 bridgehead atoms. The van der Waals surface area contributed by atoms with E-state index in [0.29, 0.717) is 0 Å². The molecule has 4 heteroatoms. The van der Waals surface area contributed by atoms with E-state index >= 15 is 0 Å². The molecule has 2 fully saturated rings. The van der Waals surface area contributed by atoms with Gasteiger partial charge in [0, 0.05) is 11.5 Å². The largest absolute Gasteiger partial charge is 0.387 e. The van der Waals surface area contributed by atoms with Gasteiger partial charge in [-0.1, -0.05) is 0 Å². The van der Waals surface area contributed by atoms with Crippen LogP contribution in [-0.2, 0) is 0 Å². The second-order valence-corrected chi connectivity index (χ2v) is 6.36. The van der Waals surface area contributed by atoms with Crippen molar-refractivity contribution < 1.29 is 5.11 Å². The molecule has 13 heavy (non-hydrogen) atoms. The van der Waals surface area contributed by atoms with Crippen LogP contribution in [-0.4, -0.2) is 39.3 Å². The van der Waals surface area contributed by atoms with Crippen LogP contribution in [0.15, 0.2) is 0 Å². The van der Waals surface area contributed by atoms with Gasteiger partial charge >= 0.3 is 0 Å². The molecule has 2 nitrogen and oxygen atoms in total. The van der Waals surface area contributed by atoms with Gasteiger partial charge in [0.05, 0.1) is 11.1 Å². The third-order valence-corrected chi connectivity index (χ3v) is 5.67. The van der Waals surface area contributed by atoms with E-state index in [1.165, 1.54) is 5.75 Å². The highest BCUT2D eigenvalue weighted by atomic mass is 32.2. The standard InChI is InChI=1S/C9H17NOS2/c10-8(2-1-4-12-6-8)9(11)3-5-13-7-9/h11H,1-7,10H2. The molecule has 0 saturated carbocycles. The number of rotatable bonds is 1. The van der Waals surface area contributed by atoms with Crippen molar-refractivity contribution in [2.45, 2.75) is 30.4 Å². The van der Waals surface area contributed by atoms with Crippen LogP contribution in [0.4, 0.5) is 0 Å². The van der Waals surface area contributed by atoms with Gasteiger partial charge in [-0.25, -0.2) is 0 Å². The highest BCUT2D eigenvalue weighted by Crippen LogP contribution is 2.41. The molecule has 2 rings (SSSR count). The Labute approximate surface area is 88.0 Å². The summed E-state index contributed by atoms with van der Waals surface area (Å²) in [5, 5.41) is 10.4. The van der Waals surface area contributed by atoms with Gasteiger partial charge in [0.1, 0.15) is 0 Å². The Morgan fingerprint density at radius 3 is 2.38 bits per heavy atom. The van der Waals surface area contributed by atoms with Crippen LogP contribution in [0.1, 0.15) is 19.3 Å². The fraction of sp³-hybridized carbons (Fsp3) is 1.00. The number of hydrogen-bond acceptors (Lipinski definition) is 4. The first kappa shape index (κ1) is 10.1. The smallest absolute Gasteiger partial charge is 0.0932 e. The van der Waals surface area contributed by atoms with Crippen LogP contribution in [0.2, 0.25) is 0 Å². The molecule has 0 spiro atoms. The van der Waals surface area contributed by atoms with Gasteiger partial charge in [0.25, 0.3) is 0 Å². The zero-order chi connectivity index (χ0) is 9.36. The Balaban J connectivity index is 2.11. The molecule has 2 saturated heterocycles. The SMILES string of the molecule is NC1(C2(O)CCSC2)CCCSC1. The molecule has 2 heterocycles. The van der Waals surface area contributed by atoms with E-state index in [1.807, 2.05) is 23.5 Å². The molecule has 2 aliphatic rings. The zero-order valence-corrected chi connectivity index (χ0v) is 9.42. The molecule has 2 aliphatic heterocycles. The van der Waals surface area contributed by atoms with Crippen LogP contribution in [0, 0.1) is 0 Å². The molecule has 0 amide bonds. The average molecular weight is 219 g/mol. The molecular formula is C9H17NOS2. The van der Waals surface area contributed by atoms with Crippen LogP contribution in [0.25, 0.3) is 0 Å². The number of hydrogen-bond donors (Lipinski definition) is 2. The highest BCUT2D eigenvalue weighted by molar-refractivity contribution is 7.99. The van der Waals surface area contributed by atoms with Crippen molar-refractivity contribution in [3.63, 3.8) is 0 Å². The van der Waals surface area contributed by atoms with E-state index in [4.69, 9.17) is 5.73 Å². The van der Waals surface area contributed by atoms with Crippen LogP contribution in [0.5, 0.6) is 0 Å². The summed E-state index contributed by atoms with van der Waals surface area (Å²) < 4.78 is 0. The molecule has 0 aromatic heterocycles. The maximum atomic E-state index is 10.4. The lowest BCUT2D eigenvalue weighted by atomic mass is 9.78. The monoisotopic (exact) mass is 219 g/mol. The van der Waals surface area contributed by atoms with E-state index in [9.17, 15) is 5.11 Å². The van der Waals surface area contributed by atoms with Crippen LogP contribution >= 0.6 is 23.5 Å². The van der Waals surface area contributed by atoms with Crippen molar-refractivity contribution in [3.8, 4) is 0 Å². The lowest BCUT2D eigenvalue weighted by molar-refractivity contribution is -0.00725. The molecule has 0 aliphatic carbocycles. The molecule has 0 radical (unpaired) electrons. The van der Waals surface area contributed by atoms with Crippen molar-refractivity contribution in [1.82, 2.24) is 0 Å². The third-order valence-electron chi connectivity index (χ3n) is 3.20. The first-order valence-electron chi connectivity index (χ1n) is 4.83. The normalized spacial score (nSPS) is 46.6. The maximum Gasteiger partial charge on any atom is 0.0932 e. The van der Waals surface area contributed by atoms with Crippen LogP contribution < -0.4 is 5.73 Å². The first-order valence-corrected chi connectivity index (χ1v) is 7.14. The lowest BCUT2D eigenvalue weighted by Crippen LogP contribution is -2.63. The topological polar surface area (TPSA) is 46.2 Å². The Kier molecular flexibility index (Phi) is 2.85. The zero-order valence-electron chi connectivity index (χ0n) is 7.79. The Morgan fingerprint density at radius 2 is 1.85 bits per heavy atom. The summed E-state index contributed by atoms with van der Waals surface area (Å²) in [6.45, 7) is 0. The van der Waals surface area contributed by atoms with Gasteiger partial charge in [0.2, 0.25) is 0 Å². The van der Waals surface area contributed by atoms with E-state index in [2.05, 4.69) is 0 Å². The fourth-order valence-corrected chi connectivity index (χ4v) is 4.80. The Bertz CT molecular complexity index is 186. The van der Waals surface area contributed by atoms with Crippen LogP contribution in [0.3, 0.4) is 0 Å². The van der Waals surface area contributed by atoms with Gasteiger partial charge in [-0.3, -0.25) is 0 Å². The van der Waals surface area contributed by atoms with E-state index < -0.39 is 5.60 Å². The molecule has 3 N–H and O–H groups in total.